The fourth-order valence-electron chi connectivity index (χ4n) is 5.63. The van der Waals surface area contributed by atoms with Crippen LogP contribution < -0.4 is 0 Å². The van der Waals surface area contributed by atoms with E-state index >= 15 is 0 Å². The Morgan fingerprint density at radius 3 is 2.53 bits per heavy atom. The summed E-state index contributed by atoms with van der Waals surface area (Å²) in [6.45, 7) is 3.04. The first-order valence-electron chi connectivity index (χ1n) is 11.3. The van der Waals surface area contributed by atoms with Gasteiger partial charge in [-0.1, -0.05) is 48.5 Å². The van der Waals surface area contributed by atoms with Crippen LogP contribution in [0.2, 0.25) is 0 Å². The number of fused-ring (bicyclic) bond motifs is 1. The van der Waals surface area contributed by atoms with Crippen molar-refractivity contribution < 1.29 is 4.79 Å². The molecule has 2 aliphatic rings. The molecule has 3 heterocycles. The second-order valence-electron chi connectivity index (χ2n) is 8.92. The zero-order valence-corrected chi connectivity index (χ0v) is 17.8. The van der Waals surface area contributed by atoms with Crippen molar-refractivity contribution in [1.29, 1.82) is 0 Å². The molecule has 30 heavy (non-hydrogen) atoms. The van der Waals surface area contributed by atoms with Crippen molar-refractivity contribution >= 4 is 16.8 Å². The predicted octanol–water partition coefficient (Wildman–Crippen LogP) is 4.38. The lowest BCUT2D eigenvalue weighted by Crippen LogP contribution is -2.48. The maximum Gasteiger partial charge on any atom is 0.227 e. The number of likely N-dealkylation sites (tertiary alicyclic amines) is 2. The summed E-state index contributed by atoms with van der Waals surface area (Å²) in [6.07, 6.45) is 7.34. The Labute approximate surface area is 179 Å². The van der Waals surface area contributed by atoms with E-state index in [1.54, 1.807) is 0 Å². The molecule has 1 amide bonds. The van der Waals surface area contributed by atoms with Crippen molar-refractivity contribution in [1.82, 2.24) is 14.4 Å². The Morgan fingerprint density at radius 2 is 1.67 bits per heavy atom. The largest absolute Gasteiger partial charge is 0.350 e. The van der Waals surface area contributed by atoms with Gasteiger partial charge in [-0.2, -0.15) is 0 Å². The Hall–Kier alpha value is -2.59. The maximum absolute atomic E-state index is 13.4. The molecule has 2 saturated heterocycles. The van der Waals surface area contributed by atoms with Gasteiger partial charge in [-0.15, -0.1) is 0 Å². The highest BCUT2D eigenvalue weighted by atomic mass is 16.2. The second-order valence-corrected chi connectivity index (χ2v) is 8.92. The molecular weight excluding hydrogens is 370 g/mol. The highest BCUT2D eigenvalue weighted by Crippen LogP contribution is 2.32. The number of benzene rings is 2. The molecule has 2 fully saturated rings. The molecule has 0 aliphatic carbocycles. The molecular formula is C26H31N3O. The molecule has 0 radical (unpaired) electrons. The van der Waals surface area contributed by atoms with Crippen LogP contribution in [0.1, 0.15) is 36.8 Å². The zero-order chi connectivity index (χ0) is 20.5. The molecule has 0 bridgehead atoms. The number of aryl methyl sites for hydroxylation is 1. The van der Waals surface area contributed by atoms with Crippen LogP contribution in [0.25, 0.3) is 10.9 Å². The number of para-hydroxylation sites is 1. The summed E-state index contributed by atoms with van der Waals surface area (Å²) in [5.74, 6) is 0.292. The first-order chi connectivity index (χ1) is 14.7. The highest BCUT2D eigenvalue weighted by Gasteiger charge is 2.39. The van der Waals surface area contributed by atoms with Crippen LogP contribution >= 0.6 is 0 Å². The summed E-state index contributed by atoms with van der Waals surface area (Å²) in [7, 11) is 2.06. The predicted molar refractivity (Wildman–Crippen MR) is 121 cm³/mol. The lowest BCUT2D eigenvalue weighted by Gasteiger charge is -2.35. The number of carbonyl (C=O) groups excluding carboxylic acids is 1. The summed E-state index contributed by atoms with van der Waals surface area (Å²) in [5, 5.41) is 1.20. The van der Waals surface area contributed by atoms with Crippen molar-refractivity contribution in [2.24, 2.45) is 7.05 Å². The van der Waals surface area contributed by atoms with Gasteiger partial charge in [0.15, 0.2) is 0 Å². The van der Waals surface area contributed by atoms with Gasteiger partial charge in [0.1, 0.15) is 0 Å². The van der Waals surface area contributed by atoms with Gasteiger partial charge < -0.3 is 9.47 Å². The topological polar surface area (TPSA) is 28.5 Å². The van der Waals surface area contributed by atoms with Crippen LogP contribution in [0, 0.1) is 0 Å². The summed E-state index contributed by atoms with van der Waals surface area (Å²) >= 11 is 0. The van der Waals surface area contributed by atoms with E-state index in [1.807, 2.05) is 0 Å². The number of amides is 1. The number of hydrogen-bond acceptors (Lipinski definition) is 2. The van der Waals surface area contributed by atoms with Gasteiger partial charge in [-0.05, 0) is 49.4 Å². The first-order valence-corrected chi connectivity index (χ1v) is 11.3. The Balaban J connectivity index is 1.32. The zero-order valence-electron chi connectivity index (χ0n) is 17.8. The van der Waals surface area contributed by atoms with Crippen molar-refractivity contribution in [2.45, 2.75) is 50.7 Å². The number of hydrogen-bond donors (Lipinski definition) is 0. The van der Waals surface area contributed by atoms with Gasteiger partial charge in [0.2, 0.25) is 5.91 Å². The number of nitrogens with zero attached hydrogens (tertiary/aromatic N) is 3. The number of aromatic nitrogens is 1. The number of rotatable bonds is 5. The van der Waals surface area contributed by atoms with Crippen molar-refractivity contribution in [3.63, 3.8) is 0 Å². The standard InChI is InChI=1S/C26H31N3O/c1-27-19-21(22-11-5-6-12-23(22)27)17-26(30)29-16-8-14-25(29)24-13-7-15-28(24)18-20-9-3-2-4-10-20/h2-6,9-12,19,24-25H,7-8,13-18H2,1H3/t24-,25-/m1/s1. The van der Waals surface area contributed by atoms with Gasteiger partial charge in [0, 0.05) is 49.3 Å². The Kier molecular flexibility index (Phi) is 5.34. The van der Waals surface area contributed by atoms with E-state index in [0.717, 1.165) is 38.0 Å². The van der Waals surface area contributed by atoms with E-state index in [-0.39, 0.29) is 0 Å². The van der Waals surface area contributed by atoms with E-state index in [4.69, 9.17) is 0 Å². The third kappa shape index (κ3) is 3.65. The SMILES string of the molecule is Cn1cc(CC(=O)N2CCC[C@@H]2[C@H]2CCCN2Cc2ccccc2)c2ccccc21. The maximum atomic E-state index is 13.4. The molecule has 0 N–H and O–H groups in total. The van der Waals surface area contributed by atoms with Crippen LogP contribution in [-0.2, 0) is 24.8 Å². The van der Waals surface area contributed by atoms with Crippen molar-refractivity contribution in [3.05, 3.63) is 71.9 Å². The summed E-state index contributed by atoms with van der Waals surface area (Å²) in [5.41, 5.74) is 3.72. The fourth-order valence-corrected chi connectivity index (χ4v) is 5.63. The monoisotopic (exact) mass is 401 g/mol. The lowest BCUT2D eigenvalue weighted by atomic mass is 10.0. The first kappa shape index (κ1) is 19.4. The van der Waals surface area contributed by atoms with Crippen molar-refractivity contribution in [2.75, 3.05) is 13.1 Å². The average molecular weight is 402 g/mol. The minimum atomic E-state index is 0.292. The van der Waals surface area contributed by atoms with E-state index in [2.05, 4.69) is 82.2 Å². The van der Waals surface area contributed by atoms with Gasteiger partial charge >= 0.3 is 0 Å². The second kappa shape index (κ2) is 8.27. The van der Waals surface area contributed by atoms with Crippen LogP contribution in [-0.4, -0.2) is 45.4 Å². The van der Waals surface area contributed by atoms with E-state index < -0.39 is 0 Å². The summed E-state index contributed by atoms with van der Waals surface area (Å²) < 4.78 is 2.14. The molecule has 5 rings (SSSR count). The Morgan fingerprint density at radius 1 is 0.933 bits per heavy atom. The molecule has 0 spiro atoms. The van der Waals surface area contributed by atoms with E-state index in [0.29, 0.717) is 24.4 Å². The molecule has 4 nitrogen and oxygen atoms in total. The molecule has 1 aromatic heterocycles. The molecule has 156 valence electrons. The van der Waals surface area contributed by atoms with Gasteiger partial charge in [0.05, 0.1) is 6.42 Å². The highest BCUT2D eigenvalue weighted by molar-refractivity contribution is 5.89. The summed E-state index contributed by atoms with van der Waals surface area (Å²) in [4.78, 5) is 18.2. The third-order valence-electron chi connectivity index (χ3n) is 7.03. The van der Waals surface area contributed by atoms with E-state index in [9.17, 15) is 4.79 Å². The molecule has 3 aromatic rings. The van der Waals surface area contributed by atoms with Crippen LogP contribution in [0.15, 0.2) is 60.8 Å². The van der Waals surface area contributed by atoms with Crippen LogP contribution in [0.5, 0.6) is 0 Å². The van der Waals surface area contributed by atoms with Gasteiger partial charge in [-0.25, -0.2) is 0 Å². The molecule has 2 atom stereocenters. The minimum absolute atomic E-state index is 0.292. The lowest BCUT2D eigenvalue weighted by molar-refractivity contribution is -0.132. The summed E-state index contributed by atoms with van der Waals surface area (Å²) in [6, 6.07) is 20.0. The average Bonchev–Trinajstić information content (AvgIpc) is 3.49. The van der Waals surface area contributed by atoms with Crippen LogP contribution in [0.3, 0.4) is 0 Å². The minimum Gasteiger partial charge on any atom is -0.350 e. The molecule has 4 heteroatoms. The fraction of sp³-hybridized carbons (Fsp3) is 0.423. The van der Waals surface area contributed by atoms with Crippen LogP contribution in [0.4, 0.5) is 0 Å². The quantitative estimate of drug-likeness (QED) is 0.635. The smallest absolute Gasteiger partial charge is 0.227 e. The molecule has 2 aromatic carbocycles. The van der Waals surface area contributed by atoms with E-state index in [1.165, 1.54) is 29.3 Å². The number of carbonyl (C=O) groups is 1. The normalized spacial score (nSPS) is 22.2. The third-order valence-corrected chi connectivity index (χ3v) is 7.03. The molecule has 2 aliphatic heterocycles. The van der Waals surface area contributed by atoms with Crippen molar-refractivity contribution in [3.8, 4) is 0 Å². The Bertz CT molecular complexity index is 1030. The molecule has 0 saturated carbocycles. The van der Waals surface area contributed by atoms with Gasteiger partial charge in [0.25, 0.3) is 0 Å². The van der Waals surface area contributed by atoms with Gasteiger partial charge in [-0.3, -0.25) is 9.69 Å². The molecule has 0 unspecified atom stereocenters.